The SMILES string of the molecule is CCNC(=NCc1coc(-c2ccccc2)n1)NCc1ccc(CC)s1.I. The average molecular weight is 496 g/mol. The smallest absolute Gasteiger partial charge is 0.226 e. The van der Waals surface area contributed by atoms with Gasteiger partial charge in [-0.3, -0.25) is 0 Å². The van der Waals surface area contributed by atoms with Gasteiger partial charge in [0, 0.05) is 21.9 Å². The van der Waals surface area contributed by atoms with E-state index in [-0.39, 0.29) is 24.0 Å². The van der Waals surface area contributed by atoms with Gasteiger partial charge in [0.15, 0.2) is 5.96 Å². The van der Waals surface area contributed by atoms with E-state index < -0.39 is 0 Å². The number of rotatable bonds is 7. The van der Waals surface area contributed by atoms with Crippen molar-refractivity contribution in [3.05, 3.63) is 64.2 Å². The number of nitrogens with one attached hydrogen (secondary N) is 2. The number of halogens is 1. The highest BCUT2D eigenvalue weighted by molar-refractivity contribution is 14.0. The lowest BCUT2D eigenvalue weighted by molar-refractivity contribution is 0.572. The first-order chi connectivity index (χ1) is 12.8. The highest BCUT2D eigenvalue weighted by Gasteiger charge is 2.06. The van der Waals surface area contributed by atoms with Crippen LogP contribution in [0, 0.1) is 0 Å². The predicted molar refractivity (Wildman–Crippen MR) is 123 cm³/mol. The molecular formula is C20H25IN4OS. The summed E-state index contributed by atoms with van der Waals surface area (Å²) in [5, 5.41) is 6.64. The molecule has 0 saturated carbocycles. The first-order valence-electron chi connectivity index (χ1n) is 8.88. The van der Waals surface area contributed by atoms with Crippen molar-refractivity contribution in [2.24, 2.45) is 4.99 Å². The monoisotopic (exact) mass is 496 g/mol. The van der Waals surface area contributed by atoms with Crippen LogP contribution in [0.15, 0.2) is 58.1 Å². The molecular weight excluding hydrogens is 471 g/mol. The number of aryl methyl sites for hydroxylation is 1. The zero-order valence-corrected chi connectivity index (χ0v) is 18.7. The van der Waals surface area contributed by atoms with Crippen molar-refractivity contribution < 1.29 is 4.42 Å². The first kappa shape index (κ1) is 21.4. The number of guanidine groups is 1. The largest absolute Gasteiger partial charge is 0.444 e. The predicted octanol–water partition coefficient (Wildman–Crippen LogP) is 4.84. The van der Waals surface area contributed by atoms with Crippen molar-refractivity contribution in [2.45, 2.75) is 33.4 Å². The minimum absolute atomic E-state index is 0. The number of benzene rings is 1. The Balaban J connectivity index is 0.00000261. The van der Waals surface area contributed by atoms with Gasteiger partial charge in [0.05, 0.1) is 13.1 Å². The molecule has 3 rings (SSSR count). The molecule has 0 bridgehead atoms. The average Bonchev–Trinajstić information content (AvgIpc) is 3.34. The molecule has 0 fully saturated rings. The van der Waals surface area contributed by atoms with Gasteiger partial charge in [0.1, 0.15) is 12.0 Å². The summed E-state index contributed by atoms with van der Waals surface area (Å²) in [6, 6.07) is 14.2. The molecule has 7 heteroatoms. The molecule has 0 atom stereocenters. The fraction of sp³-hybridized carbons (Fsp3) is 0.300. The number of aliphatic imine (C=N–C) groups is 1. The standard InChI is InChI=1S/C20H24N4OS.HI/c1-3-17-10-11-18(26-17)13-23-20(21-4-2)22-12-16-14-25-19(24-16)15-8-6-5-7-9-15;/h5-11,14H,3-4,12-13H2,1-2H3,(H2,21,22,23);1H. The Morgan fingerprint density at radius 3 is 2.56 bits per heavy atom. The van der Waals surface area contributed by atoms with E-state index in [2.05, 4.69) is 46.6 Å². The lowest BCUT2D eigenvalue weighted by Gasteiger charge is -2.09. The van der Waals surface area contributed by atoms with Gasteiger partial charge in [-0.2, -0.15) is 0 Å². The van der Waals surface area contributed by atoms with Crippen molar-refractivity contribution in [3.63, 3.8) is 0 Å². The fourth-order valence-electron chi connectivity index (χ4n) is 2.47. The van der Waals surface area contributed by atoms with Crippen LogP contribution in [0.3, 0.4) is 0 Å². The maximum atomic E-state index is 5.57. The molecule has 0 saturated heterocycles. The van der Waals surface area contributed by atoms with Crippen LogP contribution in [0.1, 0.15) is 29.3 Å². The van der Waals surface area contributed by atoms with Crippen LogP contribution < -0.4 is 10.6 Å². The maximum Gasteiger partial charge on any atom is 0.226 e. The summed E-state index contributed by atoms with van der Waals surface area (Å²) in [4.78, 5) is 11.8. The molecule has 27 heavy (non-hydrogen) atoms. The summed E-state index contributed by atoms with van der Waals surface area (Å²) in [6.07, 6.45) is 2.75. The number of nitrogens with zero attached hydrogens (tertiary/aromatic N) is 2. The molecule has 0 aliphatic heterocycles. The molecule has 0 radical (unpaired) electrons. The van der Waals surface area contributed by atoms with Gasteiger partial charge in [0.25, 0.3) is 0 Å². The zero-order valence-electron chi connectivity index (χ0n) is 15.6. The molecule has 0 aliphatic carbocycles. The van der Waals surface area contributed by atoms with E-state index >= 15 is 0 Å². The van der Waals surface area contributed by atoms with E-state index in [1.54, 1.807) is 6.26 Å². The summed E-state index contributed by atoms with van der Waals surface area (Å²) >= 11 is 1.84. The number of hydrogen-bond donors (Lipinski definition) is 2. The van der Waals surface area contributed by atoms with Gasteiger partial charge < -0.3 is 15.1 Å². The molecule has 2 N–H and O–H groups in total. The number of oxazole rings is 1. The lowest BCUT2D eigenvalue weighted by atomic mass is 10.2. The molecule has 0 spiro atoms. The zero-order chi connectivity index (χ0) is 18.2. The van der Waals surface area contributed by atoms with Crippen LogP contribution >= 0.6 is 35.3 Å². The molecule has 0 unspecified atom stereocenters. The summed E-state index contributed by atoms with van der Waals surface area (Å²) in [7, 11) is 0. The molecule has 5 nitrogen and oxygen atoms in total. The van der Waals surface area contributed by atoms with E-state index in [9.17, 15) is 0 Å². The molecule has 0 aliphatic rings. The number of thiophene rings is 1. The van der Waals surface area contributed by atoms with Crippen LogP contribution in [0.4, 0.5) is 0 Å². The minimum atomic E-state index is 0. The van der Waals surface area contributed by atoms with E-state index in [0.29, 0.717) is 12.4 Å². The Hall–Kier alpha value is -1.87. The van der Waals surface area contributed by atoms with Crippen LogP contribution in [0.5, 0.6) is 0 Å². The fourth-order valence-corrected chi connectivity index (χ4v) is 3.37. The van der Waals surface area contributed by atoms with Crippen molar-refractivity contribution in [2.75, 3.05) is 6.54 Å². The molecule has 144 valence electrons. The molecule has 3 aromatic rings. The molecule has 0 amide bonds. The maximum absolute atomic E-state index is 5.57. The van der Waals surface area contributed by atoms with Crippen LogP contribution in [0.25, 0.3) is 11.5 Å². The topological polar surface area (TPSA) is 62.5 Å². The third kappa shape index (κ3) is 6.35. The third-order valence-corrected chi connectivity index (χ3v) is 5.04. The van der Waals surface area contributed by atoms with Crippen molar-refractivity contribution in [1.82, 2.24) is 15.6 Å². The Kier molecular flexibility index (Phi) is 8.80. The highest BCUT2D eigenvalue weighted by atomic mass is 127. The Bertz CT molecular complexity index is 845. The molecule has 2 heterocycles. The van der Waals surface area contributed by atoms with Crippen molar-refractivity contribution in [3.8, 4) is 11.5 Å². The van der Waals surface area contributed by atoms with Crippen molar-refractivity contribution in [1.29, 1.82) is 0 Å². The van der Waals surface area contributed by atoms with Crippen molar-refractivity contribution >= 4 is 41.3 Å². The van der Waals surface area contributed by atoms with Gasteiger partial charge in [0.2, 0.25) is 5.89 Å². The Labute approximate surface area is 181 Å². The van der Waals surface area contributed by atoms with Crippen LogP contribution in [-0.2, 0) is 19.5 Å². The molecule has 1 aromatic carbocycles. The van der Waals surface area contributed by atoms with E-state index in [1.807, 2.05) is 41.7 Å². The normalized spacial score (nSPS) is 11.1. The summed E-state index contributed by atoms with van der Waals surface area (Å²) in [5.74, 6) is 1.41. The summed E-state index contributed by atoms with van der Waals surface area (Å²) < 4.78 is 5.57. The highest BCUT2D eigenvalue weighted by Crippen LogP contribution is 2.18. The second-order valence-electron chi connectivity index (χ2n) is 5.78. The summed E-state index contributed by atoms with van der Waals surface area (Å²) in [5.41, 5.74) is 1.78. The Morgan fingerprint density at radius 1 is 1.07 bits per heavy atom. The lowest BCUT2D eigenvalue weighted by Crippen LogP contribution is -2.36. The van der Waals surface area contributed by atoms with Crippen LogP contribution in [0.2, 0.25) is 0 Å². The van der Waals surface area contributed by atoms with Gasteiger partial charge in [-0.15, -0.1) is 35.3 Å². The van der Waals surface area contributed by atoms with Gasteiger partial charge in [-0.25, -0.2) is 9.98 Å². The number of aromatic nitrogens is 1. The van der Waals surface area contributed by atoms with E-state index in [1.165, 1.54) is 9.75 Å². The second-order valence-corrected chi connectivity index (χ2v) is 7.03. The third-order valence-electron chi connectivity index (χ3n) is 3.81. The summed E-state index contributed by atoms with van der Waals surface area (Å²) in [6.45, 7) is 6.28. The van der Waals surface area contributed by atoms with E-state index in [4.69, 9.17) is 4.42 Å². The van der Waals surface area contributed by atoms with Gasteiger partial charge in [-0.1, -0.05) is 25.1 Å². The second kappa shape index (κ2) is 11.1. The first-order valence-corrected chi connectivity index (χ1v) is 9.69. The molecule has 2 aromatic heterocycles. The Morgan fingerprint density at radius 2 is 1.85 bits per heavy atom. The van der Waals surface area contributed by atoms with Gasteiger partial charge >= 0.3 is 0 Å². The quantitative estimate of drug-likeness (QED) is 0.279. The number of hydrogen-bond acceptors (Lipinski definition) is 4. The van der Waals surface area contributed by atoms with Gasteiger partial charge in [-0.05, 0) is 37.6 Å². The van der Waals surface area contributed by atoms with E-state index in [0.717, 1.165) is 36.7 Å². The minimum Gasteiger partial charge on any atom is -0.444 e. The van der Waals surface area contributed by atoms with Crippen LogP contribution in [-0.4, -0.2) is 17.5 Å².